The van der Waals surface area contributed by atoms with Crippen LogP contribution < -0.4 is 14.8 Å². The highest BCUT2D eigenvalue weighted by Gasteiger charge is 2.05. The van der Waals surface area contributed by atoms with E-state index in [1.165, 1.54) is 13.2 Å². The second-order valence-electron chi connectivity index (χ2n) is 4.63. The summed E-state index contributed by atoms with van der Waals surface area (Å²) in [5, 5.41) is 2.62. The molecule has 0 aliphatic carbocycles. The van der Waals surface area contributed by atoms with E-state index >= 15 is 0 Å². The molecular formula is C18H15F2NO3. The number of methoxy groups -OCH3 is 1. The molecule has 2 aromatic rings. The number of carbonyl (C=O) groups excluding carboxylic acids is 1. The summed E-state index contributed by atoms with van der Waals surface area (Å²) >= 11 is 0. The monoisotopic (exact) mass is 331 g/mol. The summed E-state index contributed by atoms with van der Waals surface area (Å²) in [6.45, 7) is 0.0445. The van der Waals surface area contributed by atoms with Crippen molar-refractivity contribution >= 4 is 5.91 Å². The van der Waals surface area contributed by atoms with Gasteiger partial charge in [0, 0.05) is 11.6 Å². The van der Waals surface area contributed by atoms with Gasteiger partial charge >= 0.3 is 0 Å². The number of amides is 1. The molecule has 124 valence electrons. The lowest BCUT2D eigenvalue weighted by molar-refractivity contribution is 0.0958. The van der Waals surface area contributed by atoms with E-state index in [1.54, 1.807) is 24.3 Å². The molecule has 1 amide bonds. The van der Waals surface area contributed by atoms with Crippen LogP contribution in [-0.2, 0) is 0 Å². The molecule has 0 aromatic heterocycles. The Bertz CT molecular complexity index is 781. The molecule has 0 unspecified atom stereocenters. The molecule has 0 fully saturated rings. The van der Waals surface area contributed by atoms with Gasteiger partial charge in [-0.05, 0) is 30.3 Å². The van der Waals surface area contributed by atoms with Crippen LogP contribution in [0.1, 0.15) is 10.4 Å². The maximum Gasteiger partial charge on any atom is 0.252 e. The molecule has 0 heterocycles. The Hall–Kier alpha value is -3.07. The van der Waals surface area contributed by atoms with Crippen molar-refractivity contribution in [2.24, 2.45) is 0 Å². The van der Waals surface area contributed by atoms with E-state index in [-0.39, 0.29) is 24.8 Å². The molecule has 4 nitrogen and oxygen atoms in total. The SMILES string of the molecule is COc1cccc(C(=O)NCC#CCOc2ccc(F)cc2F)c1. The van der Waals surface area contributed by atoms with Crippen LogP contribution in [0.2, 0.25) is 0 Å². The maximum atomic E-state index is 13.3. The highest BCUT2D eigenvalue weighted by molar-refractivity contribution is 5.94. The van der Waals surface area contributed by atoms with Crippen LogP contribution in [0.15, 0.2) is 42.5 Å². The zero-order chi connectivity index (χ0) is 17.4. The van der Waals surface area contributed by atoms with Crippen molar-refractivity contribution in [3.05, 3.63) is 59.7 Å². The van der Waals surface area contributed by atoms with Crippen LogP contribution in [0.25, 0.3) is 0 Å². The molecule has 1 N–H and O–H groups in total. The Morgan fingerprint density at radius 3 is 2.75 bits per heavy atom. The lowest BCUT2D eigenvalue weighted by Gasteiger charge is -2.04. The second-order valence-corrected chi connectivity index (χ2v) is 4.63. The van der Waals surface area contributed by atoms with Gasteiger partial charge in [-0.2, -0.15) is 0 Å². The smallest absolute Gasteiger partial charge is 0.252 e. The third kappa shape index (κ3) is 4.99. The zero-order valence-electron chi connectivity index (χ0n) is 12.9. The number of nitrogens with one attached hydrogen (secondary N) is 1. The number of hydrogen-bond donors (Lipinski definition) is 1. The summed E-state index contributed by atoms with van der Waals surface area (Å²) in [6, 6.07) is 9.75. The van der Waals surface area contributed by atoms with Gasteiger partial charge in [0.05, 0.1) is 13.7 Å². The van der Waals surface area contributed by atoms with E-state index in [4.69, 9.17) is 9.47 Å². The van der Waals surface area contributed by atoms with Crippen molar-refractivity contribution in [1.82, 2.24) is 5.32 Å². The van der Waals surface area contributed by atoms with Gasteiger partial charge in [-0.3, -0.25) is 4.79 Å². The molecule has 0 saturated carbocycles. The number of rotatable bonds is 5. The Morgan fingerprint density at radius 1 is 1.17 bits per heavy atom. The first-order valence-corrected chi connectivity index (χ1v) is 7.06. The van der Waals surface area contributed by atoms with Crippen LogP contribution in [0, 0.1) is 23.5 Å². The molecule has 0 saturated heterocycles. The van der Waals surface area contributed by atoms with Crippen molar-refractivity contribution in [3.8, 4) is 23.3 Å². The number of halogens is 2. The van der Waals surface area contributed by atoms with E-state index < -0.39 is 11.6 Å². The summed E-state index contributed by atoms with van der Waals surface area (Å²) in [5.74, 6) is 4.08. The molecule has 2 aromatic carbocycles. The first-order valence-electron chi connectivity index (χ1n) is 7.06. The van der Waals surface area contributed by atoms with Gasteiger partial charge in [-0.1, -0.05) is 17.9 Å². The van der Waals surface area contributed by atoms with Crippen molar-refractivity contribution in [3.63, 3.8) is 0 Å². The van der Waals surface area contributed by atoms with Crippen molar-refractivity contribution in [1.29, 1.82) is 0 Å². The summed E-state index contributed by atoms with van der Waals surface area (Å²) < 4.78 is 36.1. The molecule has 0 aliphatic rings. The Balaban J connectivity index is 1.78. The van der Waals surface area contributed by atoms with E-state index in [1.807, 2.05) is 0 Å². The van der Waals surface area contributed by atoms with Gasteiger partial charge in [-0.15, -0.1) is 0 Å². The van der Waals surface area contributed by atoms with Crippen LogP contribution in [-0.4, -0.2) is 26.2 Å². The van der Waals surface area contributed by atoms with E-state index in [2.05, 4.69) is 17.2 Å². The highest BCUT2D eigenvalue weighted by atomic mass is 19.1. The molecule has 0 spiro atoms. The van der Waals surface area contributed by atoms with Crippen molar-refractivity contribution in [2.75, 3.05) is 20.3 Å². The minimum Gasteiger partial charge on any atom is -0.497 e. The van der Waals surface area contributed by atoms with Crippen molar-refractivity contribution < 1.29 is 23.0 Å². The first-order chi connectivity index (χ1) is 11.6. The van der Waals surface area contributed by atoms with Crippen LogP contribution in [0.5, 0.6) is 11.5 Å². The third-order valence-corrected chi connectivity index (χ3v) is 2.99. The summed E-state index contributed by atoms with van der Waals surface area (Å²) in [7, 11) is 1.52. The molecular weight excluding hydrogens is 316 g/mol. The largest absolute Gasteiger partial charge is 0.497 e. The Kier molecular flexibility index (Phi) is 6.15. The minimum atomic E-state index is -0.789. The van der Waals surface area contributed by atoms with E-state index in [0.29, 0.717) is 11.3 Å². The molecule has 24 heavy (non-hydrogen) atoms. The quantitative estimate of drug-likeness (QED) is 0.857. The van der Waals surface area contributed by atoms with Crippen LogP contribution >= 0.6 is 0 Å². The molecule has 0 aliphatic heterocycles. The van der Waals surface area contributed by atoms with Gasteiger partial charge < -0.3 is 14.8 Å². The van der Waals surface area contributed by atoms with Crippen LogP contribution in [0.4, 0.5) is 8.78 Å². The first kappa shape index (κ1) is 17.3. The van der Waals surface area contributed by atoms with Gasteiger partial charge in [0.2, 0.25) is 0 Å². The lowest BCUT2D eigenvalue weighted by atomic mass is 10.2. The fraction of sp³-hybridized carbons (Fsp3) is 0.167. The van der Waals surface area contributed by atoms with Gasteiger partial charge in [0.25, 0.3) is 5.91 Å². The lowest BCUT2D eigenvalue weighted by Crippen LogP contribution is -2.23. The predicted molar refractivity (Wildman–Crippen MR) is 85.0 cm³/mol. The predicted octanol–water partition coefficient (Wildman–Crippen LogP) is 2.79. The topological polar surface area (TPSA) is 47.6 Å². The number of hydrogen-bond acceptors (Lipinski definition) is 3. The number of carbonyl (C=O) groups is 1. The van der Waals surface area contributed by atoms with Crippen LogP contribution in [0.3, 0.4) is 0 Å². The molecule has 0 atom stereocenters. The summed E-state index contributed by atoms with van der Waals surface area (Å²) in [6.07, 6.45) is 0. The average Bonchev–Trinajstić information content (AvgIpc) is 2.59. The van der Waals surface area contributed by atoms with Gasteiger partial charge in [0.15, 0.2) is 11.6 Å². The maximum absolute atomic E-state index is 13.3. The number of ether oxygens (including phenoxy) is 2. The standard InChI is InChI=1S/C18H15F2NO3/c1-23-15-6-4-5-13(11-15)18(22)21-9-2-3-10-24-17-8-7-14(19)12-16(17)20/h4-8,11-12H,9-10H2,1H3,(H,21,22). The van der Waals surface area contributed by atoms with Gasteiger partial charge in [-0.25, -0.2) is 8.78 Å². The summed E-state index contributed by atoms with van der Waals surface area (Å²) in [4.78, 5) is 11.9. The Morgan fingerprint density at radius 2 is 2.00 bits per heavy atom. The summed E-state index contributed by atoms with van der Waals surface area (Å²) in [5.41, 5.74) is 0.459. The molecule has 0 bridgehead atoms. The second kappa shape index (κ2) is 8.53. The fourth-order valence-corrected chi connectivity index (χ4v) is 1.81. The highest BCUT2D eigenvalue weighted by Crippen LogP contribution is 2.17. The van der Waals surface area contributed by atoms with E-state index in [9.17, 15) is 13.6 Å². The van der Waals surface area contributed by atoms with Gasteiger partial charge in [0.1, 0.15) is 18.2 Å². The third-order valence-electron chi connectivity index (χ3n) is 2.99. The average molecular weight is 331 g/mol. The minimum absolute atomic E-state index is 0.0718. The zero-order valence-corrected chi connectivity index (χ0v) is 12.9. The fourth-order valence-electron chi connectivity index (χ4n) is 1.81. The molecule has 6 heteroatoms. The Labute approximate surface area is 138 Å². The number of benzene rings is 2. The normalized spacial score (nSPS) is 9.62. The van der Waals surface area contributed by atoms with E-state index in [0.717, 1.165) is 12.1 Å². The molecule has 0 radical (unpaired) electrons. The van der Waals surface area contributed by atoms with Crippen molar-refractivity contribution in [2.45, 2.75) is 0 Å². The molecule has 2 rings (SSSR count).